The molecule has 1 fully saturated rings. The molecule has 2 unspecified atom stereocenters. The highest BCUT2D eigenvalue weighted by atomic mass is 35.5. The smallest absolute Gasteiger partial charge is 0.147 e. The maximum atomic E-state index is 6.37. The van der Waals surface area contributed by atoms with E-state index in [1.165, 1.54) is 12.8 Å². The molecule has 2 nitrogen and oxygen atoms in total. The van der Waals surface area contributed by atoms with Gasteiger partial charge < -0.3 is 4.90 Å². The van der Waals surface area contributed by atoms with E-state index in [0.717, 1.165) is 18.7 Å². The number of aromatic nitrogens is 1. The SMILES string of the molecule is CN(c1ncc(Cl)cc1Cl)C1CCCCC1Cl. The first-order chi connectivity index (χ1) is 8.09. The highest BCUT2D eigenvalue weighted by Gasteiger charge is 2.28. The quantitative estimate of drug-likeness (QED) is 0.753. The van der Waals surface area contributed by atoms with Crippen molar-refractivity contribution in [3.63, 3.8) is 0 Å². The van der Waals surface area contributed by atoms with Crippen LogP contribution in [0.2, 0.25) is 10.0 Å². The Bertz CT molecular complexity index is 397. The van der Waals surface area contributed by atoms with Gasteiger partial charge in [-0.15, -0.1) is 11.6 Å². The lowest BCUT2D eigenvalue weighted by Crippen LogP contribution is -2.41. The van der Waals surface area contributed by atoms with Crippen molar-refractivity contribution in [1.82, 2.24) is 4.98 Å². The van der Waals surface area contributed by atoms with Gasteiger partial charge in [-0.05, 0) is 18.9 Å². The van der Waals surface area contributed by atoms with E-state index >= 15 is 0 Å². The van der Waals surface area contributed by atoms with Crippen molar-refractivity contribution in [2.24, 2.45) is 0 Å². The third kappa shape index (κ3) is 2.98. The third-order valence-electron chi connectivity index (χ3n) is 3.27. The number of nitrogens with zero attached hydrogens (tertiary/aromatic N) is 2. The summed E-state index contributed by atoms with van der Waals surface area (Å²) >= 11 is 18.4. The Kier molecular flexibility index (Phi) is 4.40. The van der Waals surface area contributed by atoms with Gasteiger partial charge >= 0.3 is 0 Å². The highest BCUT2D eigenvalue weighted by Crippen LogP contribution is 2.32. The zero-order valence-corrected chi connectivity index (χ0v) is 11.9. The summed E-state index contributed by atoms with van der Waals surface area (Å²) < 4.78 is 0. The second-order valence-electron chi connectivity index (χ2n) is 4.44. The van der Waals surface area contributed by atoms with Crippen molar-refractivity contribution < 1.29 is 0 Å². The van der Waals surface area contributed by atoms with Gasteiger partial charge in [-0.1, -0.05) is 36.0 Å². The van der Waals surface area contributed by atoms with Crippen molar-refractivity contribution in [1.29, 1.82) is 0 Å². The fraction of sp³-hybridized carbons (Fsp3) is 0.583. The summed E-state index contributed by atoms with van der Waals surface area (Å²) in [7, 11) is 1.99. The summed E-state index contributed by atoms with van der Waals surface area (Å²) in [6.45, 7) is 0. The number of rotatable bonds is 2. The van der Waals surface area contributed by atoms with E-state index < -0.39 is 0 Å². The summed E-state index contributed by atoms with van der Waals surface area (Å²) in [5.74, 6) is 0.758. The maximum Gasteiger partial charge on any atom is 0.147 e. The lowest BCUT2D eigenvalue weighted by Gasteiger charge is -2.36. The van der Waals surface area contributed by atoms with Gasteiger partial charge in [-0.3, -0.25) is 0 Å². The molecule has 1 saturated carbocycles. The number of hydrogen-bond acceptors (Lipinski definition) is 2. The predicted molar refractivity (Wildman–Crippen MR) is 74.6 cm³/mol. The summed E-state index contributed by atoms with van der Waals surface area (Å²) in [5, 5.41) is 1.30. The summed E-state index contributed by atoms with van der Waals surface area (Å²) in [4.78, 5) is 6.37. The molecule has 1 heterocycles. The fourth-order valence-electron chi connectivity index (χ4n) is 2.33. The summed E-state index contributed by atoms with van der Waals surface area (Å²) in [5.41, 5.74) is 0. The van der Waals surface area contributed by atoms with Gasteiger partial charge in [0.15, 0.2) is 0 Å². The molecule has 0 aliphatic heterocycles. The van der Waals surface area contributed by atoms with E-state index in [0.29, 0.717) is 16.1 Å². The van der Waals surface area contributed by atoms with Gasteiger partial charge in [0.05, 0.1) is 15.4 Å². The molecule has 17 heavy (non-hydrogen) atoms. The van der Waals surface area contributed by atoms with E-state index in [9.17, 15) is 0 Å². The predicted octanol–water partition coefficient (Wildman–Crippen LogP) is 4.37. The molecule has 1 aromatic heterocycles. The summed E-state index contributed by atoms with van der Waals surface area (Å²) in [6, 6.07) is 2.02. The topological polar surface area (TPSA) is 16.1 Å². The molecule has 0 spiro atoms. The van der Waals surface area contributed by atoms with Crippen molar-refractivity contribution in [2.75, 3.05) is 11.9 Å². The molecule has 0 N–H and O–H groups in total. The molecule has 0 aromatic carbocycles. The lowest BCUT2D eigenvalue weighted by molar-refractivity contribution is 0.432. The fourth-order valence-corrected chi connectivity index (χ4v) is 3.29. The van der Waals surface area contributed by atoms with Crippen LogP contribution in [-0.4, -0.2) is 23.5 Å². The zero-order valence-electron chi connectivity index (χ0n) is 9.67. The van der Waals surface area contributed by atoms with Crippen LogP contribution in [0.5, 0.6) is 0 Å². The standard InChI is InChI=1S/C12H15Cl3N2/c1-17(11-5-3-2-4-9(11)14)12-10(15)6-8(13)7-16-12/h6-7,9,11H,2-5H2,1H3. The molecule has 2 rings (SSSR count). The van der Waals surface area contributed by atoms with Crippen molar-refractivity contribution in [3.05, 3.63) is 22.3 Å². The Morgan fingerprint density at radius 2 is 2.00 bits per heavy atom. The molecule has 0 bridgehead atoms. The lowest BCUT2D eigenvalue weighted by atomic mass is 9.94. The average Bonchev–Trinajstić information content (AvgIpc) is 2.29. The number of alkyl halides is 1. The van der Waals surface area contributed by atoms with E-state index in [1.807, 2.05) is 7.05 Å². The van der Waals surface area contributed by atoms with Gasteiger partial charge in [-0.25, -0.2) is 4.98 Å². The van der Waals surface area contributed by atoms with Crippen LogP contribution in [0.25, 0.3) is 0 Å². The van der Waals surface area contributed by atoms with Crippen molar-refractivity contribution >= 4 is 40.6 Å². The van der Waals surface area contributed by atoms with Crippen LogP contribution >= 0.6 is 34.8 Å². The average molecular weight is 294 g/mol. The van der Waals surface area contributed by atoms with Crippen LogP contribution in [0.1, 0.15) is 25.7 Å². The molecule has 94 valence electrons. The van der Waals surface area contributed by atoms with E-state index in [-0.39, 0.29) is 5.38 Å². The minimum Gasteiger partial charge on any atom is -0.354 e. The molecule has 5 heteroatoms. The molecular weight excluding hydrogens is 279 g/mol. The van der Waals surface area contributed by atoms with Gasteiger partial charge in [0.25, 0.3) is 0 Å². The van der Waals surface area contributed by atoms with E-state index in [4.69, 9.17) is 34.8 Å². The monoisotopic (exact) mass is 292 g/mol. The summed E-state index contributed by atoms with van der Waals surface area (Å²) in [6.07, 6.45) is 6.18. The largest absolute Gasteiger partial charge is 0.354 e. The molecule has 1 aliphatic carbocycles. The van der Waals surface area contributed by atoms with Gasteiger partial charge in [0.1, 0.15) is 5.82 Å². The first-order valence-electron chi connectivity index (χ1n) is 5.77. The molecule has 1 aromatic rings. The van der Waals surface area contributed by atoms with Crippen molar-refractivity contribution in [3.8, 4) is 0 Å². The van der Waals surface area contributed by atoms with Crippen LogP contribution in [-0.2, 0) is 0 Å². The Hall–Kier alpha value is -0.180. The third-order valence-corrected chi connectivity index (χ3v) is 4.26. The molecule has 0 radical (unpaired) electrons. The van der Waals surface area contributed by atoms with Crippen LogP contribution < -0.4 is 4.90 Å². The molecule has 1 aliphatic rings. The van der Waals surface area contributed by atoms with Gasteiger partial charge in [-0.2, -0.15) is 0 Å². The van der Waals surface area contributed by atoms with Gasteiger partial charge in [0, 0.05) is 19.3 Å². The number of hydrogen-bond donors (Lipinski definition) is 0. The first kappa shape index (κ1) is 13.3. The Balaban J connectivity index is 2.20. The second kappa shape index (κ2) is 5.64. The van der Waals surface area contributed by atoms with E-state index in [2.05, 4.69) is 9.88 Å². The Morgan fingerprint density at radius 3 is 2.65 bits per heavy atom. The maximum absolute atomic E-state index is 6.37. The van der Waals surface area contributed by atoms with Crippen LogP contribution in [0.4, 0.5) is 5.82 Å². The van der Waals surface area contributed by atoms with Crippen molar-refractivity contribution in [2.45, 2.75) is 37.1 Å². The molecule has 0 saturated heterocycles. The second-order valence-corrected chi connectivity index (χ2v) is 5.84. The number of anilines is 1. The minimum absolute atomic E-state index is 0.169. The van der Waals surface area contributed by atoms with Gasteiger partial charge in [0.2, 0.25) is 0 Å². The Morgan fingerprint density at radius 1 is 1.29 bits per heavy atom. The molecular formula is C12H15Cl3N2. The van der Waals surface area contributed by atoms with E-state index in [1.54, 1.807) is 12.3 Å². The minimum atomic E-state index is 0.169. The first-order valence-corrected chi connectivity index (χ1v) is 6.97. The Labute approximate surface area is 117 Å². The van der Waals surface area contributed by atoms with Crippen LogP contribution in [0, 0.1) is 0 Å². The molecule has 0 amide bonds. The van der Waals surface area contributed by atoms with Crippen LogP contribution in [0.15, 0.2) is 12.3 Å². The zero-order chi connectivity index (χ0) is 12.4. The molecule has 2 atom stereocenters. The normalized spacial score (nSPS) is 24.7. The number of pyridine rings is 1. The number of halogens is 3. The van der Waals surface area contributed by atoms with Crippen LogP contribution in [0.3, 0.4) is 0 Å². The highest BCUT2D eigenvalue weighted by molar-refractivity contribution is 6.36.